The number of hydrogen-bond donors (Lipinski definition) is 9. The molecular formula is C29H35N5O9. The normalized spacial score (nSPS) is 14.6. The second kappa shape index (κ2) is 14.8. The van der Waals surface area contributed by atoms with Gasteiger partial charge in [-0.25, -0.2) is 4.79 Å². The van der Waals surface area contributed by atoms with Gasteiger partial charge in [0.1, 0.15) is 23.9 Å². The molecule has 0 saturated carbocycles. The number of benzene rings is 2. The molecule has 230 valence electrons. The number of carbonyl (C=O) groups is 5. The van der Waals surface area contributed by atoms with Crippen molar-refractivity contribution >= 4 is 40.6 Å². The Bertz CT molecular complexity index is 1450. The number of aromatic hydroxyl groups is 1. The first-order chi connectivity index (χ1) is 20.3. The number of amides is 3. The predicted molar refractivity (Wildman–Crippen MR) is 154 cm³/mol. The highest BCUT2D eigenvalue weighted by molar-refractivity contribution is 5.95. The molecule has 5 unspecified atom stereocenters. The number of aliphatic hydroxyl groups is 1. The van der Waals surface area contributed by atoms with Gasteiger partial charge in [-0.05, 0) is 49.1 Å². The molecule has 14 heteroatoms. The fourth-order valence-corrected chi connectivity index (χ4v) is 4.43. The first-order valence-electron chi connectivity index (χ1n) is 13.5. The third-order valence-corrected chi connectivity index (χ3v) is 6.78. The lowest BCUT2D eigenvalue weighted by molar-refractivity contribution is -0.143. The smallest absolute Gasteiger partial charge is 0.326 e. The average Bonchev–Trinajstić information content (AvgIpc) is 3.36. The molecule has 14 nitrogen and oxygen atoms in total. The molecule has 3 aromatic rings. The van der Waals surface area contributed by atoms with Gasteiger partial charge >= 0.3 is 11.9 Å². The molecule has 3 amide bonds. The summed E-state index contributed by atoms with van der Waals surface area (Å²) in [6.45, 7) is 1.24. The zero-order valence-corrected chi connectivity index (χ0v) is 23.3. The zero-order chi connectivity index (χ0) is 31.7. The molecule has 1 aromatic heterocycles. The van der Waals surface area contributed by atoms with Crippen LogP contribution < -0.4 is 21.7 Å². The third kappa shape index (κ3) is 9.28. The quantitative estimate of drug-likeness (QED) is 0.111. The van der Waals surface area contributed by atoms with Gasteiger partial charge in [-0.2, -0.15) is 0 Å². The molecule has 1 heterocycles. The van der Waals surface area contributed by atoms with Crippen LogP contribution in [0.5, 0.6) is 5.75 Å². The van der Waals surface area contributed by atoms with E-state index in [2.05, 4.69) is 20.9 Å². The number of aromatic amines is 1. The number of hydrogen-bond acceptors (Lipinski definition) is 8. The molecule has 0 bridgehead atoms. The van der Waals surface area contributed by atoms with Gasteiger partial charge in [-0.3, -0.25) is 19.2 Å². The maximum atomic E-state index is 13.1. The lowest BCUT2D eigenvalue weighted by atomic mass is 10.0. The van der Waals surface area contributed by atoms with E-state index in [-0.39, 0.29) is 18.6 Å². The van der Waals surface area contributed by atoms with Crippen molar-refractivity contribution in [1.82, 2.24) is 20.9 Å². The van der Waals surface area contributed by atoms with Crippen LogP contribution in [0, 0.1) is 0 Å². The Morgan fingerprint density at radius 3 is 2.14 bits per heavy atom. The molecule has 3 rings (SSSR count). The summed E-state index contributed by atoms with van der Waals surface area (Å²) < 4.78 is 0. The number of phenols is 1. The number of fused-ring (bicyclic) bond motifs is 1. The lowest BCUT2D eigenvalue weighted by Gasteiger charge is -2.26. The van der Waals surface area contributed by atoms with Crippen LogP contribution in [0.25, 0.3) is 10.9 Å². The first-order valence-corrected chi connectivity index (χ1v) is 13.5. The van der Waals surface area contributed by atoms with Crippen molar-refractivity contribution in [2.45, 2.75) is 62.9 Å². The Labute approximate surface area is 246 Å². The number of H-pyrrole nitrogens is 1. The van der Waals surface area contributed by atoms with Crippen molar-refractivity contribution < 1.29 is 44.4 Å². The molecule has 0 spiro atoms. The van der Waals surface area contributed by atoms with E-state index in [4.69, 9.17) is 10.8 Å². The fraction of sp³-hybridized carbons (Fsp3) is 0.345. The molecule has 0 fully saturated rings. The largest absolute Gasteiger partial charge is 0.508 e. The Kier molecular flexibility index (Phi) is 11.2. The minimum Gasteiger partial charge on any atom is -0.508 e. The zero-order valence-electron chi connectivity index (χ0n) is 23.3. The van der Waals surface area contributed by atoms with E-state index in [0.29, 0.717) is 5.56 Å². The van der Waals surface area contributed by atoms with Crippen LogP contribution >= 0.6 is 0 Å². The maximum Gasteiger partial charge on any atom is 0.326 e. The van der Waals surface area contributed by atoms with Gasteiger partial charge in [0, 0.05) is 29.9 Å². The standard InChI is InChI=1S/C29H35N5O9/c1-15(35)25(34-26(39)20(30)13-17-14-31-21-5-3-2-4-19(17)21)28(41)32-22(10-11-24(37)38)27(40)33-23(29(42)43)12-16-6-8-18(36)9-7-16/h2-9,14-15,20,22-23,25,31,35-36H,10-13,30H2,1H3,(H,32,41)(H,33,40)(H,34,39)(H,37,38)(H,42,43). The van der Waals surface area contributed by atoms with Gasteiger partial charge in [0.2, 0.25) is 17.7 Å². The molecule has 0 saturated heterocycles. The molecule has 0 aliphatic rings. The summed E-state index contributed by atoms with van der Waals surface area (Å²) in [5.41, 5.74) is 8.20. The number of nitrogens with two attached hydrogens (primary N) is 1. The summed E-state index contributed by atoms with van der Waals surface area (Å²) in [6, 6.07) is 7.43. The highest BCUT2D eigenvalue weighted by atomic mass is 16.4. The molecule has 10 N–H and O–H groups in total. The number of carboxylic acids is 2. The minimum absolute atomic E-state index is 0.0326. The van der Waals surface area contributed by atoms with Crippen LogP contribution in [0.15, 0.2) is 54.7 Å². The van der Waals surface area contributed by atoms with Crippen LogP contribution in [-0.4, -0.2) is 85.3 Å². The van der Waals surface area contributed by atoms with Crippen LogP contribution in [0.2, 0.25) is 0 Å². The highest BCUT2D eigenvalue weighted by Gasteiger charge is 2.33. The van der Waals surface area contributed by atoms with E-state index in [1.54, 1.807) is 6.20 Å². The molecule has 2 aromatic carbocycles. The molecule has 43 heavy (non-hydrogen) atoms. The number of aromatic nitrogens is 1. The Hall–Kier alpha value is -4.95. The summed E-state index contributed by atoms with van der Waals surface area (Å²) in [5.74, 6) is -5.42. The van der Waals surface area contributed by atoms with Gasteiger partial charge in [-0.1, -0.05) is 30.3 Å². The van der Waals surface area contributed by atoms with Crippen LogP contribution in [-0.2, 0) is 36.8 Å². The number of aliphatic carboxylic acids is 2. The highest BCUT2D eigenvalue weighted by Crippen LogP contribution is 2.19. The second-order valence-corrected chi connectivity index (χ2v) is 10.2. The van der Waals surface area contributed by atoms with Gasteiger partial charge in [-0.15, -0.1) is 0 Å². The second-order valence-electron chi connectivity index (χ2n) is 10.2. The van der Waals surface area contributed by atoms with E-state index < -0.39 is 72.8 Å². The number of rotatable bonds is 15. The van der Waals surface area contributed by atoms with Gasteiger partial charge in [0.15, 0.2) is 0 Å². The van der Waals surface area contributed by atoms with Crippen LogP contribution in [0.1, 0.15) is 30.9 Å². The number of para-hydroxylation sites is 1. The summed E-state index contributed by atoms with van der Waals surface area (Å²) in [4.78, 5) is 65.2. The van der Waals surface area contributed by atoms with E-state index in [1.807, 2.05) is 24.3 Å². The van der Waals surface area contributed by atoms with Crippen molar-refractivity contribution in [3.05, 3.63) is 65.9 Å². The number of aliphatic hydroxyl groups excluding tert-OH is 1. The third-order valence-electron chi connectivity index (χ3n) is 6.78. The first kappa shape index (κ1) is 32.6. The SMILES string of the molecule is CC(O)C(NC(=O)C(N)Cc1c[nH]c2ccccc12)C(=O)NC(CCC(=O)O)C(=O)NC(Cc1ccc(O)cc1)C(=O)O. The summed E-state index contributed by atoms with van der Waals surface area (Å²) >= 11 is 0. The summed E-state index contributed by atoms with van der Waals surface area (Å²) in [7, 11) is 0. The van der Waals surface area contributed by atoms with Crippen molar-refractivity contribution in [2.75, 3.05) is 0 Å². The van der Waals surface area contributed by atoms with Gasteiger partial charge in [0.25, 0.3) is 0 Å². The molecule has 5 atom stereocenters. The van der Waals surface area contributed by atoms with E-state index >= 15 is 0 Å². The van der Waals surface area contributed by atoms with Gasteiger partial charge in [0.05, 0.1) is 12.1 Å². The number of carbonyl (C=O) groups excluding carboxylic acids is 3. The monoisotopic (exact) mass is 597 g/mol. The minimum atomic E-state index is -1.56. The topological polar surface area (TPSA) is 244 Å². The van der Waals surface area contributed by atoms with Crippen molar-refractivity contribution in [2.24, 2.45) is 5.73 Å². The molecule has 0 radical (unpaired) electrons. The number of carboxylic acid groups (broad SMARTS) is 2. The Morgan fingerprint density at radius 2 is 1.51 bits per heavy atom. The van der Waals surface area contributed by atoms with Crippen molar-refractivity contribution in [3.63, 3.8) is 0 Å². The Morgan fingerprint density at radius 1 is 0.860 bits per heavy atom. The summed E-state index contributed by atoms with van der Waals surface area (Å²) in [6.07, 6.45) is -0.719. The van der Waals surface area contributed by atoms with Crippen molar-refractivity contribution in [1.29, 1.82) is 0 Å². The van der Waals surface area contributed by atoms with Crippen LogP contribution in [0.3, 0.4) is 0 Å². The molecule has 0 aliphatic heterocycles. The van der Waals surface area contributed by atoms with Gasteiger partial charge < -0.3 is 47.1 Å². The summed E-state index contributed by atoms with van der Waals surface area (Å²) in [5, 5.41) is 46.4. The van der Waals surface area contributed by atoms with Crippen molar-refractivity contribution in [3.8, 4) is 5.75 Å². The Balaban J connectivity index is 1.69. The maximum absolute atomic E-state index is 13.1. The number of phenolic OH excluding ortho intramolecular Hbond substituents is 1. The fourth-order valence-electron chi connectivity index (χ4n) is 4.43. The average molecular weight is 598 g/mol. The molecule has 0 aliphatic carbocycles. The van der Waals surface area contributed by atoms with E-state index in [1.165, 1.54) is 31.2 Å². The number of nitrogens with one attached hydrogen (secondary N) is 4. The van der Waals surface area contributed by atoms with E-state index in [0.717, 1.165) is 16.5 Å². The predicted octanol–water partition coefficient (Wildman–Crippen LogP) is -0.229. The van der Waals surface area contributed by atoms with E-state index in [9.17, 15) is 39.3 Å². The van der Waals surface area contributed by atoms with Crippen LogP contribution in [0.4, 0.5) is 0 Å². The lowest BCUT2D eigenvalue weighted by Crippen LogP contribution is -2.60. The molecular weight excluding hydrogens is 562 g/mol.